The van der Waals surface area contributed by atoms with Crippen molar-refractivity contribution in [3.63, 3.8) is 0 Å². The maximum atomic E-state index is 15.7. The molecule has 1 heterocycles. The Balaban J connectivity index is 1.30. The molecule has 2 N–H and O–H groups in total. The van der Waals surface area contributed by atoms with Crippen LogP contribution in [0.4, 0.5) is 5.69 Å². The van der Waals surface area contributed by atoms with Crippen LogP contribution in [0.2, 0.25) is 0 Å². The quantitative estimate of drug-likeness (QED) is 0.0138. The van der Waals surface area contributed by atoms with E-state index in [1.54, 1.807) is 36.4 Å². The molecule has 1 saturated carbocycles. The summed E-state index contributed by atoms with van der Waals surface area (Å²) in [7, 11) is 1.51. The van der Waals surface area contributed by atoms with E-state index in [4.69, 9.17) is 28.9 Å². The van der Waals surface area contributed by atoms with Crippen molar-refractivity contribution in [3.05, 3.63) is 160 Å². The molecule has 420 valence electrons. The highest BCUT2D eigenvalue weighted by Crippen LogP contribution is 2.62. The van der Waals surface area contributed by atoms with E-state index in [0.29, 0.717) is 59.1 Å². The zero-order chi connectivity index (χ0) is 55.6. The number of allylic oxidation sites excluding steroid dienone is 1. The molecule has 0 aromatic heterocycles. The number of fused-ring (bicyclic) bond motifs is 3. The van der Waals surface area contributed by atoms with Crippen molar-refractivity contribution in [1.82, 2.24) is 4.90 Å². The molecule has 2 aliphatic carbocycles. The van der Waals surface area contributed by atoms with Crippen LogP contribution in [0.15, 0.2) is 133 Å². The monoisotopic (exact) mass is 1080 g/mol. The molecule has 5 aromatic rings. The van der Waals surface area contributed by atoms with Crippen LogP contribution in [0.25, 0.3) is 10.8 Å². The molecule has 6 atom stereocenters. The van der Waals surface area contributed by atoms with Gasteiger partial charge in [0, 0.05) is 56.2 Å². The number of carbonyl (C=O) groups is 2. The molecule has 79 heavy (non-hydrogen) atoms. The summed E-state index contributed by atoms with van der Waals surface area (Å²) >= 11 is 0. The van der Waals surface area contributed by atoms with Gasteiger partial charge in [0.1, 0.15) is 35.6 Å². The summed E-state index contributed by atoms with van der Waals surface area (Å²) < 4.78 is 27.0. The van der Waals surface area contributed by atoms with Crippen LogP contribution >= 0.6 is 0 Å². The standard InChI is InChI=1S/C65H79N3O11/c1-4-6-7-8-9-10-11-12-13-27-62(72)67(43-49-24-20-23-47-21-14-15-25-54(47)49)61-42-58(66-77-45-46-28-30-51(31-29-46)68(73)74)56-40-48(22-16-18-36-69)55(26-17-19-37-70)63-57-41-53(78-52-32-34-59(75-3)50(39-52)44-71)33-35-60(57)79-65(61,64(56)63)76-38-5-2/h5,14-15,20-21,23-25,28-35,39-41,44,48,55,61,63-64,69-70H,2,4,6-13,16-19,22,26-27,36-38,42-43,45H2,1,3H3/t48-,55+,61-,63+,64+,65+/m0/s1. The number of nitrogens with zero attached hydrogens (tertiary/aromatic N) is 3. The number of nitro groups is 1. The SMILES string of the molecule is C=CCO[C@@]12Oc3ccc(Oc4ccc(OC)c(C=O)c4)cc3[C@H]3[C@H](CCCCO)[C@@H](CCCCO)C=C(C(=NOCc4ccc([N+](=O)[O-])cc4)C[C@@H]1N(Cc1cccc4ccccc14)C(=O)CCCCCCCCCCC)[C@H]32. The predicted octanol–water partition coefficient (Wildman–Crippen LogP) is 14.1. The van der Waals surface area contributed by atoms with Gasteiger partial charge in [0.05, 0.1) is 35.8 Å². The molecule has 1 aliphatic heterocycles. The number of unbranched alkanes of at least 4 members (excludes halogenated alkanes) is 10. The highest BCUT2D eigenvalue weighted by atomic mass is 16.7. The fourth-order valence-corrected chi connectivity index (χ4v) is 12.3. The third-order valence-electron chi connectivity index (χ3n) is 16.2. The van der Waals surface area contributed by atoms with Crippen LogP contribution < -0.4 is 14.2 Å². The van der Waals surface area contributed by atoms with Gasteiger partial charge < -0.3 is 38.9 Å². The Morgan fingerprint density at radius 2 is 1.57 bits per heavy atom. The Kier molecular flexibility index (Phi) is 21.3. The molecule has 0 spiro atoms. The Hall–Kier alpha value is -6.87. The van der Waals surface area contributed by atoms with Crippen molar-refractivity contribution in [3.8, 4) is 23.0 Å². The number of hydrogen-bond donors (Lipinski definition) is 2. The number of ether oxygens (including phenoxy) is 4. The van der Waals surface area contributed by atoms with E-state index < -0.39 is 22.7 Å². The zero-order valence-corrected chi connectivity index (χ0v) is 46.1. The Labute approximate surface area is 465 Å². The third kappa shape index (κ3) is 14.1. The predicted molar refractivity (Wildman–Crippen MR) is 308 cm³/mol. The van der Waals surface area contributed by atoms with Gasteiger partial charge in [-0.3, -0.25) is 19.7 Å². The molecule has 0 saturated heterocycles. The van der Waals surface area contributed by atoms with Crippen molar-refractivity contribution < 1.29 is 48.5 Å². The normalized spacial score (nSPS) is 20.6. The van der Waals surface area contributed by atoms with E-state index in [1.807, 2.05) is 41.3 Å². The summed E-state index contributed by atoms with van der Waals surface area (Å²) in [6, 6.07) is 30.8. The number of aliphatic hydroxyl groups excluding tert-OH is 2. The topological polar surface area (TPSA) is 179 Å². The Bertz CT molecular complexity index is 2900. The van der Waals surface area contributed by atoms with Gasteiger partial charge in [0.2, 0.25) is 11.7 Å². The Morgan fingerprint density at radius 1 is 0.861 bits per heavy atom. The number of nitro benzene ring substituents is 1. The van der Waals surface area contributed by atoms with Gasteiger partial charge in [-0.1, -0.05) is 131 Å². The summed E-state index contributed by atoms with van der Waals surface area (Å²) in [5.41, 5.74) is 4.38. The number of aliphatic hydroxyl groups is 2. The number of oxime groups is 1. The van der Waals surface area contributed by atoms with Crippen LogP contribution in [0, 0.1) is 27.9 Å². The molecule has 8 rings (SSSR count). The first-order valence-corrected chi connectivity index (χ1v) is 28.7. The van der Waals surface area contributed by atoms with Gasteiger partial charge in [0.15, 0.2) is 6.29 Å². The van der Waals surface area contributed by atoms with Crippen LogP contribution in [0.5, 0.6) is 23.0 Å². The first-order valence-electron chi connectivity index (χ1n) is 28.7. The van der Waals surface area contributed by atoms with Crippen LogP contribution in [0.1, 0.15) is 149 Å². The number of non-ortho nitro benzene ring substituents is 1. The molecular formula is C65H79N3O11. The van der Waals surface area contributed by atoms with Crippen molar-refractivity contribution in [2.45, 2.75) is 147 Å². The minimum absolute atomic E-state index is 0.0256. The molecule has 0 bridgehead atoms. The lowest BCUT2D eigenvalue weighted by molar-refractivity contribution is -0.384. The van der Waals surface area contributed by atoms with E-state index >= 15 is 4.79 Å². The number of benzene rings is 5. The molecule has 0 radical (unpaired) electrons. The van der Waals surface area contributed by atoms with Gasteiger partial charge in [0.25, 0.3) is 5.69 Å². The van der Waals surface area contributed by atoms with Gasteiger partial charge in [-0.15, -0.1) is 6.58 Å². The summed E-state index contributed by atoms with van der Waals surface area (Å²) in [5, 5.41) is 39.0. The molecule has 5 aromatic carbocycles. The molecule has 1 amide bonds. The molecule has 3 aliphatic rings. The summed E-state index contributed by atoms with van der Waals surface area (Å²) in [4.78, 5) is 47.3. The molecule has 0 unspecified atom stereocenters. The van der Waals surface area contributed by atoms with Crippen molar-refractivity contribution in [2.75, 3.05) is 26.9 Å². The molecule has 14 nitrogen and oxygen atoms in total. The summed E-state index contributed by atoms with van der Waals surface area (Å²) in [5.74, 6) is -0.531. The first kappa shape index (κ1) is 58.3. The minimum atomic E-state index is -1.50. The van der Waals surface area contributed by atoms with Gasteiger partial charge >= 0.3 is 0 Å². The maximum Gasteiger partial charge on any atom is 0.269 e. The smallest absolute Gasteiger partial charge is 0.269 e. The molecular weight excluding hydrogens is 999 g/mol. The number of rotatable bonds is 32. The Morgan fingerprint density at radius 3 is 2.29 bits per heavy atom. The van der Waals surface area contributed by atoms with E-state index in [-0.39, 0.29) is 68.7 Å². The van der Waals surface area contributed by atoms with Crippen LogP contribution in [-0.4, -0.2) is 76.7 Å². The summed E-state index contributed by atoms with van der Waals surface area (Å²) in [6.07, 6.45) is 19.5. The highest BCUT2D eigenvalue weighted by molar-refractivity contribution is 6.03. The van der Waals surface area contributed by atoms with Gasteiger partial charge in [-0.2, -0.15) is 0 Å². The van der Waals surface area contributed by atoms with E-state index in [9.17, 15) is 25.1 Å². The fourth-order valence-electron chi connectivity index (χ4n) is 12.3. The van der Waals surface area contributed by atoms with Crippen molar-refractivity contribution in [2.24, 2.45) is 22.9 Å². The second-order valence-electron chi connectivity index (χ2n) is 21.3. The van der Waals surface area contributed by atoms with E-state index in [0.717, 1.165) is 85.1 Å². The second-order valence-corrected chi connectivity index (χ2v) is 21.3. The average Bonchev–Trinajstić information content (AvgIpc) is 3.65. The highest BCUT2D eigenvalue weighted by Gasteiger charge is 2.65. The number of aldehydes is 1. The van der Waals surface area contributed by atoms with Gasteiger partial charge in [-0.05, 0) is 120 Å². The minimum Gasteiger partial charge on any atom is -0.496 e. The van der Waals surface area contributed by atoms with E-state index in [2.05, 4.69) is 43.8 Å². The number of amides is 1. The van der Waals surface area contributed by atoms with Crippen molar-refractivity contribution >= 4 is 34.4 Å². The first-order chi connectivity index (χ1) is 38.7. The lowest BCUT2D eigenvalue weighted by atomic mass is 9.55. The zero-order valence-electron chi connectivity index (χ0n) is 46.1. The van der Waals surface area contributed by atoms with Crippen molar-refractivity contribution in [1.29, 1.82) is 0 Å². The number of hydrogen-bond acceptors (Lipinski definition) is 12. The molecule has 1 fully saturated rings. The maximum absolute atomic E-state index is 15.7. The fraction of sp³-hybridized carbons (Fsp3) is 0.462. The van der Waals surface area contributed by atoms with Gasteiger partial charge in [-0.25, -0.2) is 0 Å². The number of carbonyl (C=O) groups excluding carboxylic acids is 2. The lowest BCUT2D eigenvalue weighted by Crippen LogP contribution is -2.70. The average molecular weight is 1080 g/mol. The van der Waals surface area contributed by atoms with Crippen LogP contribution in [-0.2, 0) is 27.5 Å². The number of methoxy groups -OCH3 is 1. The molecule has 14 heteroatoms. The second kappa shape index (κ2) is 28.8. The van der Waals surface area contributed by atoms with Crippen LogP contribution in [0.3, 0.4) is 0 Å². The van der Waals surface area contributed by atoms with E-state index in [1.165, 1.54) is 51.3 Å². The lowest BCUT2D eigenvalue weighted by Gasteiger charge is -2.60. The summed E-state index contributed by atoms with van der Waals surface area (Å²) in [6.45, 7) is 6.86. The largest absolute Gasteiger partial charge is 0.496 e. The third-order valence-corrected chi connectivity index (χ3v) is 16.2.